The van der Waals surface area contributed by atoms with Crippen LogP contribution in [-0.2, 0) is 4.12 Å². The second kappa shape index (κ2) is 6.70. The van der Waals surface area contributed by atoms with Gasteiger partial charge in [0, 0.05) is 5.75 Å². The van der Waals surface area contributed by atoms with Crippen molar-refractivity contribution in [2.75, 3.05) is 5.75 Å². The zero-order valence-corrected chi connectivity index (χ0v) is 8.62. The molecular formula is C2H10O2SSi2. The summed E-state index contributed by atoms with van der Waals surface area (Å²) in [7, 11) is 0.668. The van der Waals surface area contributed by atoms with Crippen molar-refractivity contribution in [2.45, 2.75) is 6.04 Å². The molecular weight excluding hydrogens is 144 g/mol. The molecule has 0 fully saturated rings. The zero-order chi connectivity index (χ0) is 5.54. The van der Waals surface area contributed by atoms with Crippen LogP contribution in [0.25, 0.3) is 0 Å². The minimum absolute atomic E-state index is 0.208. The van der Waals surface area contributed by atoms with E-state index in [1.165, 1.54) is 0 Å². The molecule has 0 radical (unpaired) electrons. The second-order valence-corrected chi connectivity index (χ2v) is 5.27. The molecule has 0 rings (SSSR count). The maximum absolute atomic E-state index is 8.19. The van der Waals surface area contributed by atoms with Crippen LogP contribution in [0.3, 0.4) is 0 Å². The van der Waals surface area contributed by atoms with Crippen LogP contribution < -0.4 is 0 Å². The van der Waals surface area contributed by atoms with Crippen molar-refractivity contribution in [1.82, 2.24) is 0 Å². The van der Waals surface area contributed by atoms with Gasteiger partial charge in [-0.25, -0.2) is 0 Å². The normalized spacial score (nSPS) is 11.6. The Morgan fingerprint density at radius 3 is 3.00 bits per heavy atom. The molecule has 2 nitrogen and oxygen atoms in total. The number of hydrogen-bond donors (Lipinski definition) is 1. The Hall–Kier alpha value is 0.704. The fraction of sp³-hybridized carbons (Fsp3) is 1.00. The maximum atomic E-state index is 8.19. The first-order valence-electron chi connectivity index (χ1n) is 2.17. The third kappa shape index (κ3) is 6.70. The van der Waals surface area contributed by atoms with Crippen LogP contribution in [0.5, 0.6) is 0 Å². The number of rotatable bonds is 4. The summed E-state index contributed by atoms with van der Waals surface area (Å²) in [5.74, 6) is 0.856. The Bertz CT molecular complexity index is 32.9. The predicted octanol–water partition coefficient (Wildman–Crippen LogP) is -1.01. The molecule has 0 aromatic heterocycles. The van der Waals surface area contributed by atoms with Gasteiger partial charge in [0.2, 0.25) is 0 Å². The molecule has 0 aliphatic heterocycles. The van der Waals surface area contributed by atoms with E-state index in [2.05, 4.69) is 0 Å². The Balaban J connectivity index is 2.45. The smallest absolute Gasteiger partial charge is 0.146 e. The predicted molar refractivity (Wildman–Crippen MR) is 39.5 cm³/mol. The lowest BCUT2D eigenvalue weighted by molar-refractivity contribution is 0.653. The average molecular weight is 154 g/mol. The summed E-state index contributed by atoms with van der Waals surface area (Å²) in [5, 5.41) is 0. The molecule has 0 aromatic carbocycles. The van der Waals surface area contributed by atoms with Crippen molar-refractivity contribution in [1.29, 1.82) is 0 Å². The van der Waals surface area contributed by atoms with Gasteiger partial charge in [0.1, 0.15) is 20.2 Å². The Morgan fingerprint density at radius 1 is 1.86 bits per heavy atom. The highest BCUT2D eigenvalue weighted by atomic mass is 32.2. The van der Waals surface area contributed by atoms with E-state index < -0.39 is 0 Å². The van der Waals surface area contributed by atoms with Crippen LogP contribution >= 0.6 is 12.0 Å². The lowest BCUT2D eigenvalue weighted by atomic mass is 11.0. The average Bonchev–Trinajstić information content (AvgIpc) is 1.69. The lowest BCUT2D eigenvalue weighted by Crippen LogP contribution is -1.94. The third-order valence-electron chi connectivity index (χ3n) is 0.584. The van der Waals surface area contributed by atoms with Crippen LogP contribution in [0.2, 0.25) is 6.04 Å². The summed E-state index contributed by atoms with van der Waals surface area (Å²) in [5.41, 5.74) is 0. The summed E-state index contributed by atoms with van der Waals surface area (Å²) in [6.45, 7) is 0. The topological polar surface area (TPSA) is 29.5 Å². The van der Waals surface area contributed by atoms with E-state index in [4.69, 9.17) is 8.67 Å². The van der Waals surface area contributed by atoms with E-state index in [1.807, 2.05) is 0 Å². The largest absolute Gasteiger partial charge is 0.468 e. The Morgan fingerprint density at radius 2 is 2.57 bits per heavy atom. The molecule has 1 N–H and O–H groups in total. The van der Waals surface area contributed by atoms with Gasteiger partial charge in [-0.1, -0.05) is 0 Å². The maximum Gasteiger partial charge on any atom is 0.146 e. The highest BCUT2D eigenvalue weighted by molar-refractivity contribution is 7.93. The van der Waals surface area contributed by atoms with E-state index in [0.29, 0.717) is 0 Å². The molecule has 0 aliphatic carbocycles. The van der Waals surface area contributed by atoms with Gasteiger partial charge in [-0.15, -0.1) is 0 Å². The van der Waals surface area contributed by atoms with E-state index in [1.54, 1.807) is 0 Å². The molecule has 0 saturated carbocycles. The molecule has 7 heavy (non-hydrogen) atoms. The van der Waals surface area contributed by atoms with Gasteiger partial charge in [0.05, 0.1) is 0 Å². The number of hydrogen-bond acceptors (Lipinski definition) is 3. The minimum Gasteiger partial charge on any atom is -0.468 e. The van der Waals surface area contributed by atoms with Crippen molar-refractivity contribution in [2.24, 2.45) is 0 Å². The van der Waals surface area contributed by atoms with E-state index in [0.717, 1.165) is 34.3 Å². The van der Waals surface area contributed by atoms with Gasteiger partial charge in [-0.05, 0) is 18.1 Å². The fourth-order valence-corrected chi connectivity index (χ4v) is 2.41. The summed E-state index contributed by atoms with van der Waals surface area (Å²) < 4.78 is 13.2. The molecule has 0 atom stereocenters. The van der Waals surface area contributed by atoms with Gasteiger partial charge >= 0.3 is 0 Å². The summed E-state index contributed by atoms with van der Waals surface area (Å²) in [6, 6.07) is 1.10. The Labute approximate surface area is 53.3 Å². The lowest BCUT2D eigenvalue weighted by Gasteiger charge is -1.91. The molecule has 0 heterocycles. The first kappa shape index (κ1) is 7.70. The first-order chi connectivity index (χ1) is 3.41. The van der Waals surface area contributed by atoms with E-state index in [-0.39, 0.29) is 9.76 Å². The van der Waals surface area contributed by atoms with Gasteiger partial charge < -0.3 is 8.67 Å². The van der Waals surface area contributed by atoms with Gasteiger partial charge in [0.15, 0.2) is 0 Å². The van der Waals surface area contributed by atoms with Crippen molar-refractivity contribution < 1.29 is 8.67 Å². The molecule has 0 spiro atoms. The zero-order valence-electron chi connectivity index (χ0n) is 4.39. The monoisotopic (exact) mass is 154 g/mol. The quantitative estimate of drug-likeness (QED) is 0.320. The fourth-order valence-electron chi connectivity index (χ4n) is 0.268. The van der Waals surface area contributed by atoms with E-state index >= 15 is 0 Å². The van der Waals surface area contributed by atoms with Crippen LogP contribution in [0.4, 0.5) is 0 Å². The van der Waals surface area contributed by atoms with Gasteiger partial charge in [0.25, 0.3) is 0 Å². The van der Waals surface area contributed by atoms with Crippen molar-refractivity contribution in [3.05, 3.63) is 0 Å². The van der Waals surface area contributed by atoms with Crippen LogP contribution in [0.1, 0.15) is 0 Å². The first-order valence-corrected chi connectivity index (χ1v) is 5.50. The van der Waals surface area contributed by atoms with Crippen LogP contribution in [0, 0.1) is 0 Å². The summed E-state index contributed by atoms with van der Waals surface area (Å²) in [6.07, 6.45) is 0. The van der Waals surface area contributed by atoms with Crippen LogP contribution in [0.15, 0.2) is 0 Å². The molecule has 0 unspecified atom stereocenters. The third-order valence-corrected chi connectivity index (χ3v) is 3.84. The van der Waals surface area contributed by atoms with Crippen molar-refractivity contribution in [3.63, 3.8) is 0 Å². The highest BCUT2D eigenvalue weighted by Gasteiger charge is 1.83. The van der Waals surface area contributed by atoms with E-state index in [9.17, 15) is 0 Å². The minimum atomic E-state index is -0.208. The molecule has 0 amide bonds. The summed E-state index contributed by atoms with van der Waals surface area (Å²) >= 11 is 0.912. The van der Waals surface area contributed by atoms with Crippen molar-refractivity contribution in [3.8, 4) is 0 Å². The molecule has 0 aromatic rings. The SMILES string of the molecule is OSCC[SiH2]O[SiH3]. The molecule has 44 valence electrons. The van der Waals surface area contributed by atoms with Crippen LogP contribution in [-0.4, -0.2) is 30.6 Å². The van der Waals surface area contributed by atoms with Gasteiger partial charge in [-0.2, -0.15) is 0 Å². The molecule has 0 bridgehead atoms. The summed E-state index contributed by atoms with van der Waals surface area (Å²) in [4.78, 5) is 0. The Kier molecular flexibility index (Phi) is 7.38. The second-order valence-electron chi connectivity index (χ2n) is 1.18. The molecule has 5 heteroatoms. The highest BCUT2D eigenvalue weighted by Crippen LogP contribution is 1.92. The molecule has 0 saturated heterocycles. The van der Waals surface area contributed by atoms with Gasteiger partial charge in [-0.3, -0.25) is 0 Å². The molecule has 0 aliphatic rings. The standard InChI is InChI=1S/C2H10O2SSi2/c3-5-1-2-7-4-6/h3H,1-2,7H2,6H3. The van der Waals surface area contributed by atoms with Crippen molar-refractivity contribution >= 4 is 32.3 Å².